The van der Waals surface area contributed by atoms with Crippen LogP contribution in [-0.4, -0.2) is 0 Å². The van der Waals surface area contributed by atoms with Gasteiger partial charge in [0.25, 0.3) is 0 Å². The lowest BCUT2D eigenvalue weighted by Crippen LogP contribution is -2.14. The third-order valence-electron chi connectivity index (χ3n) is 10.3. The van der Waals surface area contributed by atoms with Crippen LogP contribution >= 0.6 is 0 Å². The van der Waals surface area contributed by atoms with Gasteiger partial charge in [-0.3, -0.25) is 0 Å². The Hall–Kier alpha value is -5.72. The average molecular weight is 599 g/mol. The van der Waals surface area contributed by atoms with Gasteiger partial charge in [-0.15, -0.1) is 0 Å². The summed E-state index contributed by atoms with van der Waals surface area (Å²) in [5.74, 6) is 0. The second-order valence-electron chi connectivity index (χ2n) is 13.3. The standard InChI is InChI=1S/C47H34/c1-47(2)42-21-11-10-19-41(42)46-36(20-12-22-43(46)47)33-25-29-35(30-26-33)45-39-17-8-6-15-37(39)44(38-16-7-9-18-40(38)45)34-27-23-32(24-28-34)31-13-4-3-5-14-31/h3-30H,1-2H3. The molecule has 0 heterocycles. The van der Waals surface area contributed by atoms with Crippen LogP contribution in [0, 0.1) is 0 Å². The van der Waals surface area contributed by atoms with Crippen LogP contribution < -0.4 is 0 Å². The highest BCUT2D eigenvalue weighted by atomic mass is 14.4. The van der Waals surface area contributed by atoms with Crippen LogP contribution in [0.1, 0.15) is 25.0 Å². The maximum Gasteiger partial charge on any atom is 0.0159 e. The molecule has 0 saturated carbocycles. The van der Waals surface area contributed by atoms with Gasteiger partial charge in [0.1, 0.15) is 0 Å². The first kappa shape index (κ1) is 27.6. The van der Waals surface area contributed by atoms with Crippen molar-refractivity contribution in [2.75, 3.05) is 0 Å². The molecule has 0 unspecified atom stereocenters. The Balaban J connectivity index is 1.19. The Labute approximate surface area is 276 Å². The normalized spacial score (nSPS) is 13.1. The maximum absolute atomic E-state index is 2.35. The Morgan fingerprint density at radius 2 is 0.681 bits per heavy atom. The fourth-order valence-electron chi connectivity index (χ4n) is 8.02. The molecular weight excluding hydrogens is 565 g/mol. The largest absolute Gasteiger partial charge is 0.0622 e. The van der Waals surface area contributed by atoms with Gasteiger partial charge in [0.05, 0.1) is 0 Å². The molecule has 0 atom stereocenters. The number of hydrogen-bond acceptors (Lipinski definition) is 0. The molecule has 47 heavy (non-hydrogen) atoms. The van der Waals surface area contributed by atoms with Gasteiger partial charge >= 0.3 is 0 Å². The van der Waals surface area contributed by atoms with Gasteiger partial charge in [0, 0.05) is 5.41 Å². The van der Waals surface area contributed by atoms with Crippen molar-refractivity contribution in [2.24, 2.45) is 0 Å². The second kappa shape index (κ2) is 10.7. The molecule has 1 aliphatic rings. The molecule has 0 nitrogen and oxygen atoms in total. The zero-order valence-electron chi connectivity index (χ0n) is 26.7. The molecule has 0 radical (unpaired) electrons. The van der Waals surface area contributed by atoms with E-state index in [1.807, 2.05) is 0 Å². The Morgan fingerprint density at radius 1 is 0.277 bits per heavy atom. The molecule has 0 aliphatic heterocycles. The van der Waals surface area contributed by atoms with Crippen LogP contribution in [0.15, 0.2) is 170 Å². The lowest BCUT2D eigenvalue weighted by molar-refractivity contribution is 0.660. The van der Waals surface area contributed by atoms with E-state index in [0.717, 1.165) is 0 Å². The minimum atomic E-state index is -0.0106. The topological polar surface area (TPSA) is 0 Å². The molecule has 0 bridgehead atoms. The molecule has 0 saturated heterocycles. The maximum atomic E-state index is 2.35. The first-order chi connectivity index (χ1) is 23.1. The average Bonchev–Trinajstić information content (AvgIpc) is 3.37. The van der Waals surface area contributed by atoms with Crippen molar-refractivity contribution in [3.8, 4) is 55.6 Å². The first-order valence-corrected chi connectivity index (χ1v) is 16.5. The van der Waals surface area contributed by atoms with Crippen molar-refractivity contribution < 1.29 is 0 Å². The molecule has 0 spiro atoms. The summed E-state index contributed by atoms with van der Waals surface area (Å²) in [6.45, 7) is 4.70. The van der Waals surface area contributed by atoms with Gasteiger partial charge in [0.2, 0.25) is 0 Å². The van der Waals surface area contributed by atoms with E-state index in [2.05, 4.69) is 184 Å². The van der Waals surface area contributed by atoms with Gasteiger partial charge in [-0.1, -0.05) is 184 Å². The fraction of sp³-hybridized carbons (Fsp3) is 0.0638. The highest BCUT2D eigenvalue weighted by molar-refractivity contribution is 6.21. The van der Waals surface area contributed by atoms with E-state index in [9.17, 15) is 0 Å². The minimum absolute atomic E-state index is 0.0106. The van der Waals surface area contributed by atoms with Crippen molar-refractivity contribution in [1.29, 1.82) is 0 Å². The SMILES string of the molecule is CC1(C)c2ccccc2-c2c(-c3ccc(-c4c5ccccc5c(-c5ccc(-c6ccccc6)cc5)c5ccccc45)cc3)cccc21. The monoisotopic (exact) mass is 598 g/mol. The molecule has 1 aliphatic carbocycles. The van der Waals surface area contributed by atoms with E-state index in [4.69, 9.17) is 0 Å². The zero-order chi connectivity index (χ0) is 31.5. The molecule has 0 heteroatoms. The van der Waals surface area contributed by atoms with Crippen LogP contribution in [0.25, 0.3) is 77.2 Å². The van der Waals surface area contributed by atoms with Crippen LogP contribution in [0.4, 0.5) is 0 Å². The zero-order valence-corrected chi connectivity index (χ0v) is 26.7. The van der Waals surface area contributed by atoms with Crippen LogP contribution in [0.2, 0.25) is 0 Å². The van der Waals surface area contributed by atoms with E-state index in [1.165, 1.54) is 88.3 Å². The van der Waals surface area contributed by atoms with Crippen molar-refractivity contribution >= 4 is 21.5 Å². The van der Waals surface area contributed by atoms with Crippen LogP contribution in [0.3, 0.4) is 0 Å². The quantitative estimate of drug-likeness (QED) is 0.177. The van der Waals surface area contributed by atoms with Crippen LogP contribution in [0.5, 0.6) is 0 Å². The highest BCUT2D eigenvalue weighted by Gasteiger charge is 2.36. The van der Waals surface area contributed by atoms with Crippen LogP contribution in [-0.2, 0) is 5.41 Å². The van der Waals surface area contributed by atoms with Gasteiger partial charge in [-0.2, -0.15) is 0 Å². The third kappa shape index (κ3) is 4.29. The molecule has 0 N–H and O–H groups in total. The van der Waals surface area contributed by atoms with Gasteiger partial charge in [0.15, 0.2) is 0 Å². The summed E-state index contributed by atoms with van der Waals surface area (Å²) < 4.78 is 0. The molecule has 9 rings (SSSR count). The minimum Gasteiger partial charge on any atom is -0.0622 e. The van der Waals surface area contributed by atoms with E-state index in [1.54, 1.807) is 0 Å². The molecule has 8 aromatic carbocycles. The van der Waals surface area contributed by atoms with E-state index in [0.29, 0.717) is 0 Å². The lowest BCUT2D eigenvalue weighted by atomic mass is 9.82. The number of fused-ring (bicyclic) bond motifs is 5. The summed E-state index contributed by atoms with van der Waals surface area (Å²) >= 11 is 0. The number of benzene rings is 8. The molecule has 8 aromatic rings. The number of hydrogen-bond donors (Lipinski definition) is 0. The summed E-state index contributed by atoms with van der Waals surface area (Å²) in [6.07, 6.45) is 0. The lowest BCUT2D eigenvalue weighted by Gasteiger charge is -2.21. The van der Waals surface area contributed by atoms with Crippen molar-refractivity contribution in [3.05, 3.63) is 181 Å². The Bertz CT molecular complexity index is 2390. The molecule has 0 aromatic heterocycles. The highest BCUT2D eigenvalue weighted by Crippen LogP contribution is 2.52. The summed E-state index contributed by atoms with van der Waals surface area (Å²) in [4.78, 5) is 0. The van der Waals surface area contributed by atoms with Gasteiger partial charge < -0.3 is 0 Å². The summed E-state index contributed by atoms with van der Waals surface area (Å²) in [6, 6.07) is 62.5. The first-order valence-electron chi connectivity index (χ1n) is 16.5. The Kier molecular flexibility index (Phi) is 6.27. The summed E-state index contributed by atoms with van der Waals surface area (Å²) in [7, 11) is 0. The van der Waals surface area contributed by atoms with E-state index >= 15 is 0 Å². The molecule has 0 amide bonds. The molecular formula is C47H34. The smallest absolute Gasteiger partial charge is 0.0159 e. The van der Waals surface area contributed by atoms with Gasteiger partial charge in [-0.05, 0) is 88.3 Å². The molecule has 222 valence electrons. The van der Waals surface area contributed by atoms with Crippen molar-refractivity contribution in [1.82, 2.24) is 0 Å². The van der Waals surface area contributed by atoms with Crippen molar-refractivity contribution in [2.45, 2.75) is 19.3 Å². The third-order valence-corrected chi connectivity index (χ3v) is 10.3. The predicted octanol–water partition coefficient (Wildman–Crippen LogP) is 13.0. The summed E-state index contributed by atoms with van der Waals surface area (Å²) in [5.41, 5.74) is 15.6. The fourth-order valence-corrected chi connectivity index (χ4v) is 8.02. The second-order valence-corrected chi connectivity index (χ2v) is 13.3. The molecule has 0 fully saturated rings. The number of rotatable bonds is 4. The predicted molar refractivity (Wildman–Crippen MR) is 201 cm³/mol. The Morgan fingerprint density at radius 3 is 1.26 bits per heavy atom. The van der Waals surface area contributed by atoms with E-state index < -0.39 is 0 Å². The van der Waals surface area contributed by atoms with Crippen molar-refractivity contribution in [3.63, 3.8) is 0 Å². The van der Waals surface area contributed by atoms with Gasteiger partial charge in [-0.25, -0.2) is 0 Å². The summed E-state index contributed by atoms with van der Waals surface area (Å²) in [5, 5.41) is 5.10. The van der Waals surface area contributed by atoms with E-state index in [-0.39, 0.29) is 5.41 Å².